The van der Waals surface area contributed by atoms with Crippen LogP contribution in [0.5, 0.6) is 0 Å². The summed E-state index contributed by atoms with van der Waals surface area (Å²) in [5, 5.41) is 11.2. The quantitative estimate of drug-likeness (QED) is 0.695. The topological polar surface area (TPSA) is 101 Å². The van der Waals surface area contributed by atoms with E-state index in [-0.39, 0.29) is 28.3 Å². The normalized spacial score (nSPS) is 14.9. The Morgan fingerprint density at radius 1 is 1.29 bits per heavy atom. The summed E-state index contributed by atoms with van der Waals surface area (Å²) in [5.41, 5.74) is 0.739. The van der Waals surface area contributed by atoms with E-state index in [0.29, 0.717) is 12.8 Å². The number of carbonyl (C=O) groups is 1. The van der Waals surface area contributed by atoms with E-state index < -0.39 is 10.0 Å². The second kappa shape index (κ2) is 8.09. The van der Waals surface area contributed by atoms with Crippen LogP contribution in [-0.4, -0.2) is 27.4 Å². The summed E-state index contributed by atoms with van der Waals surface area (Å²) in [7, 11) is -2.00. The summed E-state index contributed by atoms with van der Waals surface area (Å²) in [6.45, 7) is 8.18. The lowest BCUT2D eigenvalue weighted by Crippen LogP contribution is -2.45. The predicted molar refractivity (Wildman–Crippen MR) is 95.9 cm³/mol. The lowest BCUT2D eigenvalue weighted by atomic mass is 9.87. The maximum Gasteiger partial charge on any atom is 0.238 e. The number of rotatable bonds is 7. The molecule has 0 saturated carbocycles. The maximum absolute atomic E-state index is 12.6. The van der Waals surface area contributed by atoms with Gasteiger partial charge in [-0.2, -0.15) is 0 Å². The molecule has 0 aromatic heterocycles. The Morgan fingerprint density at radius 3 is 2.38 bits per heavy atom. The zero-order valence-electron chi connectivity index (χ0n) is 15.1. The van der Waals surface area contributed by atoms with Crippen molar-refractivity contribution in [2.24, 2.45) is 10.6 Å². The second-order valence-corrected chi connectivity index (χ2v) is 8.75. The number of benzene rings is 1. The van der Waals surface area contributed by atoms with Gasteiger partial charge >= 0.3 is 0 Å². The smallest absolute Gasteiger partial charge is 0.238 e. The van der Waals surface area contributed by atoms with E-state index in [1.165, 1.54) is 12.1 Å². The Kier molecular flexibility index (Phi) is 6.95. The first-order valence-corrected chi connectivity index (χ1v) is 9.63. The third kappa shape index (κ3) is 6.22. The molecule has 0 bridgehead atoms. The third-order valence-corrected chi connectivity index (χ3v) is 4.71. The Labute approximate surface area is 145 Å². The Bertz CT molecular complexity index is 666. The molecule has 1 amide bonds. The molecule has 0 spiro atoms. The van der Waals surface area contributed by atoms with E-state index in [2.05, 4.69) is 31.4 Å². The lowest BCUT2D eigenvalue weighted by molar-refractivity contribution is -0.124. The molecule has 2 atom stereocenters. The second-order valence-electron chi connectivity index (χ2n) is 7.19. The van der Waals surface area contributed by atoms with Gasteiger partial charge in [0.05, 0.1) is 17.0 Å². The van der Waals surface area contributed by atoms with Crippen molar-refractivity contribution in [1.29, 1.82) is 0 Å². The molecule has 0 saturated heterocycles. The molecule has 0 radical (unpaired) electrons. The lowest BCUT2D eigenvalue weighted by Gasteiger charge is -2.27. The Balaban J connectivity index is 2.96. The molecule has 24 heavy (non-hydrogen) atoms. The molecule has 2 unspecified atom stereocenters. The first-order chi connectivity index (χ1) is 11.0. The molecule has 7 heteroatoms. The van der Waals surface area contributed by atoms with Crippen molar-refractivity contribution >= 4 is 15.9 Å². The Morgan fingerprint density at radius 2 is 1.92 bits per heavy atom. The van der Waals surface area contributed by atoms with Gasteiger partial charge in [-0.05, 0) is 43.0 Å². The first kappa shape index (κ1) is 20.6. The SMILES string of the molecule is CCC(NC(=O)C(CC(C)(C)C)NC)c1cccc(S(N)(=O)=O)c1. The number of primary sulfonamides is 1. The number of carbonyl (C=O) groups excluding carboxylic acids is 1. The molecule has 1 rings (SSSR count). The molecule has 136 valence electrons. The molecule has 0 heterocycles. The fourth-order valence-corrected chi connectivity index (χ4v) is 3.11. The van der Waals surface area contributed by atoms with Gasteiger partial charge in [-0.3, -0.25) is 4.79 Å². The van der Waals surface area contributed by atoms with Crippen molar-refractivity contribution in [1.82, 2.24) is 10.6 Å². The highest BCUT2D eigenvalue weighted by Crippen LogP contribution is 2.23. The zero-order chi connectivity index (χ0) is 18.5. The molecule has 4 N–H and O–H groups in total. The highest BCUT2D eigenvalue weighted by atomic mass is 32.2. The molecular weight excluding hydrogens is 326 g/mol. The van der Waals surface area contributed by atoms with Crippen molar-refractivity contribution in [2.45, 2.75) is 57.5 Å². The minimum absolute atomic E-state index is 0.0142. The third-order valence-electron chi connectivity index (χ3n) is 3.80. The van der Waals surface area contributed by atoms with Crippen LogP contribution in [-0.2, 0) is 14.8 Å². The van der Waals surface area contributed by atoms with Gasteiger partial charge < -0.3 is 10.6 Å². The largest absolute Gasteiger partial charge is 0.348 e. The first-order valence-electron chi connectivity index (χ1n) is 8.08. The predicted octanol–water partition coefficient (Wildman–Crippen LogP) is 1.93. The molecule has 0 aliphatic heterocycles. The van der Waals surface area contributed by atoms with Gasteiger partial charge in [0.15, 0.2) is 0 Å². The molecule has 0 aliphatic carbocycles. The summed E-state index contributed by atoms with van der Waals surface area (Å²) < 4.78 is 23.0. The van der Waals surface area contributed by atoms with E-state index in [1.807, 2.05) is 6.92 Å². The minimum Gasteiger partial charge on any atom is -0.348 e. The van der Waals surface area contributed by atoms with E-state index >= 15 is 0 Å². The maximum atomic E-state index is 12.6. The van der Waals surface area contributed by atoms with Gasteiger partial charge in [0.25, 0.3) is 0 Å². The fourth-order valence-electron chi connectivity index (χ4n) is 2.54. The minimum atomic E-state index is -3.77. The number of hydrogen-bond donors (Lipinski definition) is 3. The van der Waals surface area contributed by atoms with Gasteiger partial charge in [-0.1, -0.05) is 39.8 Å². The van der Waals surface area contributed by atoms with Crippen LogP contribution in [0.25, 0.3) is 0 Å². The van der Waals surface area contributed by atoms with Crippen molar-refractivity contribution in [3.63, 3.8) is 0 Å². The van der Waals surface area contributed by atoms with Crippen LogP contribution in [0.3, 0.4) is 0 Å². The molecule has 1 aromatic rings. The molecule has 1 aromatic carbocycles. The van der Waals surface area contributed by atoms with Crippen LogP contribution in [0.4, 0.5) is 0 Å². The number of sulfonamides is 1. The van der Waals surface area contributed by atoms with Crippen LogP contribution in [0.15, 0.2) is 29.2 Å². The van der Waals surface area contributed by atoms with E-state index in [9.17, 15) is 13.2 Å². The average Bonchev–Trinajstić information content (AvgIpc) is 2.48. The van der Waals surface area contributed by atoms with Gasteiger partial charge in [0, 0.05) is 0 Å². The van der Waals surface area contributed by atoms with Crippen LogP contribution in [0, 0.1) is 5.41 Å². The molecular formula is C17H29N3O3S. The summed E-state index contributed by atoms with van der Waals surface area (Å²) in [4.78, 5) is 12.6. The van der Waals surface area contributed by atoms with Gasteiger partial charge in [-0.25, -0.2) is 13.6 Å². The standard InChI is InChI=1S/C17H29N3O3S/c1-6-14(12-8-7-9-13(10-12)24(18,22)23)20-16(21)15(19-5)11-17(2,3)4/h7-10,14-15,19H,6,11H2,1-5H3,(H,20,21)(H2,18,22,23). The van der Waals surface area contributed by atoms with Gasteiger partial charge in [0.2, 0.25) is 15.9 Å². The van der Waals surface area contributed by atoms with Crippen molar-refractivity contribution < 1.29 is 13.2 Å². The van der Waals surface area contributed by atoms with Crippen molar-refractivity contribution in [3.05, 3.63) is 29.8 Å². The van der Waals surface area contributed by atoms with E-state index in [4.69, 9.17) is 5.14 Å². The highest BCUT2D eigenvalue weighted by molar-refractivity contribution is 7.89. The summed E-state index contributed by atoms with van der Waals surface area (Å²) >= 11 is 0. The summed E-state index contributed by atoms with van der Waals surface area (Å²) in [6.07, 6.45) is 1.34. The Hall–Kier alpha value is -1.44. The van der Waals surface area contributed by atoms with Crippen LogP contribution in [0.2, 0.25) is 0 Å². The highest BCUT2D eigenvalue weighted by Gasteiger charge is 2.25. The van der Waals surface area contributed by atoms with E-state index in [0.717, 1.165) is 5.56 Å². The molecule has 0 fully saturated rings. The monoisotopic (exact) mass is 355 g/mol. The van der Waals surface area contributed by atoms with Gasteiger partial charge in [0.1, 0.15) is 0 Å². The summed E-state index contributed by atoms with van der Waals surface area (Å²) in [5.74, 6) is -0.0970. The van der Waals surface area contributed by atoms with Gasteiger partial charge in [-0.15, -0.1) is 0 Å². The number of nitrogens with two attached hydrogens (primary N) is 1. The average molecular weight is 356 g/mol. The van der Waals surface area contributed by atoms with E-state index in [1.54, 1.807) is 19.2 Å². The van der Waals surface area contributed by atoms with Crippen molar-refractivity contribution in [2.75, 3.05) is 7.05 Å². The number of amides is 1. The van der Waals surface area contributed by atoms with Crippen molar-refractivity contribution in [3.8, 4) is 0 Å². The number of likely N-dealkylation sites (N-methyl/N-ethyl adjacent to an activating group) is 1. The number of hydrogen-bond acceptors (Lipinski definition) is 4. The number of nitrogens with one attached hydrogen (secondary N) is 2. The fraction of sp³-hybridized carbons (Fsp3) is 0.588. The zero-order valence-corrected chi connectivity index (χ0v) is 15.9. The molecule has 6 nitrogen and oxygen atoms in total. The molecule has 0 aliphatic rings. The van der Waals surface area contributed by atoms with Crippen LogP contribution < -0.4 is 15.8 Å². The van der Waals surface area contributed by atoms with Crippen LogP contribution in [0.1, 0.15) is 52.1 Å². The summed E-state index contributed by atoms with van der Waals surface area (Å²) in [6, 6.07) is 5.82. The van der Waals surface area contributed by atoms with Crippen LogP contribution >= 0.6 is 0 Å².